The van der Waals surface area contributed by atoms with E-state index in [-0.39, 0.29) is 5.78 Å². The van der Waals surface area contributed by atoms with Crippen LogP contribution < -0.4 is 0 Å². The van der Waals surface area contributed by atoms with Crippen LogP contribution in [0.2, 0.25) is 5.02 Å². The minimum atomic E-state index is -0.0190. The van der Waals surface area contributed by atoms with Crippen molar-refractivity contribution in [2.75, 3.05) is 0 Å². The van der Waals surface area contributed by atoms with Gasteiger partial charge in [0.25, 0.3) is 0 Å². The van der Waals surface area contributed by atoms with Gasteiger partial charge in [-0.1, -0.05) is 23.7 Å². The molecule has 0 aliphatic heterocycles. The average molecular weight is 368 g/mol. The molecule has 1 N–H and O–H groups in total. The van der Waals surface area contributed by atoms with E-state index in [9.17, 15) is 4.79 Å². The van der Waals surface area contributed by atoms with Crippen molar-refractivity contribution in [3.63, 3.8) is 0 Å². The number of nitrogens with zero attached hydrogens (tertiary/aromatic N) is 2. The van der Waals surface area contributed by atoms with Crippen LogP contribution in [0.1, 0.15) is 25.8 Å². The number of aromatic amines is 1. The number of rotatable bonds is 5. The van der Waals surface area contributed by atoms with Gasteiger partial charge in [0.2, 0.25) is 5.78 Å². The van der Waals surface area contributed by atoms with Gasteiger partial charge >= 0.3 is 0 Å². The highest BCUT2D eigenvalue weighted by Gasteiger charge is 2.17. The fourth-order valence-corrected chi connectivity index (χ4v) is 3.71. The number of ketones is 1. The average Bonchev–Trinajstić information content (AvgIpc) is 3.28. The number of benzene rings is 1. The summed E-state index contributed by atoms with van der Waals surface area (Å²) in [6, 6.07) is 11.5. The van der Waals surface area contributed by atoms with Gasteiger partial charge in [0.1, 0.15) is 5.65 Å². The Morgan fingerprint density at radius 2 is 1.96 bits per heavy atom. The Morgan fingerprint density at radius 3 is 2.80 bits per heavy atom. The second kappa shape index (κ2) is 6.78. The van der Waals surface area contributed by atoms with Crippen molar-refractivity contribution in [2.24, 2.45) is 0 Å². The first-order valence-electron chi connectivity index (χ1n) is 7.86. The molecule has 0 amide bonds. The molecule has 124 valence electrons. The molecule has 0 bridgehead atoms. The van der Waals surface area contributed by atoms with Gasteiger partial charge in [0.15, 0.2) is 0 Å². The molecule has 3 aromatic heterocycles. The zero-order valence-corrected chi connectivity index (χ0v) is 14.8. The van der Waals surface area contributed by atoms with Crippen LogP contribution in [0, 0.1) is 0 Å². The number of hydrogen-bond acceptors (Lipinski definition) is 4. The van der Waals surface area contributed by atoms with Crippen LogP contribution in [-0.4, -0.2) is 20.7 Å². The number of pyridine rings is 1. The summed E-state index contributed by atoms with van der Waals surface area (Å²) in [7, 11) is 0. The zero-order chi connectivity index (χ0) is 17.2. The maximum atomic E-state index is 12.8. The van der Waals surface area contributed by atoms with Crippen molar-refractivity contribution in [3.8, 4) is 0 Å². The number of carbonyl (C=O) groups is 1. The molecule has 0 saturated carbocycles. The number of H-pyrrole nitrogens is 1. The highest BCUT2D eigenvalue weighted by Crippen LogP contribution is 2.23. The summed E-state index contributed by atoms with van der Waals surface area (Å²) in [5.74, 6) is -0.0190. The minimum absolute atomic E-state index is 0.0190. The lowest BCUT2D eigenvalue weighted by Crippen LogP contribution is -1.97. The lowest BCUT2D eigenvalue weighted by molar-refractivity contribution is 0.104. The first kappa shape index (κ1) is 16.0. The third-order valence-corrected chi connectivity index (χ3v) is 5.32. The Morgan fingerprint density at radius 1 is 1.12 bits per heavy atom. The van der Waals surface area contributed by atoms with E-state index in [2.05, 4.69) is 15.0 Å². The second-order valence-corrected chi connectivity index (χ2v) is 7.23. The van der Waals surface area contributed by atoms with E-state index in [1.807, 2.05) is 36.4 Å². The maximum absolute atomic E-state index is 12.8. The summed E-state index contributed by atoms with van der Waals surface area (Å²) >= 11 is 7.35. The van der Waals surface area contributed by atoms with E-state index in [0.29, 0.717) is 10.4 Å². The molecule has 3 heterocycles. The molecule has 0 spiro atoms. The fourth-order valence-electron chi connectivity index (χ4n) is 2.71. The van der Waals surface area contributed by atoms with Crippen molar-refractivity contribution < 1.29 is 4.79 Å². The standard InChI is InChI=1S/C19H14ClN3OS/c20-13-6-3-12(4-7-13)5-8-17-22-11-16(25-17)18(24)15-10-23-19-14(15)2-1-9-21-19/h1-4,6-7,9-11H,5,8H2,(H,21,23). The number of nitrogens with one attached hydrogen (secondary N) is 1. The summed E-state index contributed by atoms with van der Waals surface area (Å²) in [4.78, 5) is 25.1. The SMILES string of the molecule is O=C(c1cnc(CCc2ccc(Cl)cc2)s1)c1c[nH]c2ncccc12. The van der Waals surface area contributed by atoms with Crippen LogP contribution in [-0.2, 0) is 12.8 Å². The molecule has 0 fully saturated rings. The summed E-state index contributed by atoms with van der Waals surface area (Å²) < 4.78 is 0. The van der Waals surface area contributed by atoms with Gasteiger partial charge in [0, 0.05) is 35.4 Å². The molecular weight excluding hydrogens is 354 g/mol. The van der Waals surface area contributed by atoms with E-state index in [1.165, 1.54) is 16.9 Å². The predicted molar refractivity (Wildman–Crippen MR) is 101 cm³/mol. The van der Waals surface area contributed by atoms with Crippen LogP contribution in [0.25, 0.3) is 11.0 Å². The Hall–Kier alpha value is -2.50. The van der Waals surface area contributed by atoms with Crippen molar-refractivity contribution in [1.29, 1.82) is 0 Å². The topological polar surface area (TPSA) is 58.6 Å². The number of thiazole rings is 1. The Labute approximate surface area is 153 Å². The fraction of sp³-hybridized carbons (Fsp3) is 0.105. The minimum Gasteiger partial charge on any atom is -0.345 e. The molecule has 6 heteroatoms. The maximum Gasteiger partial charge on any atom is 0.206 e. The van der Waals surface area contributed by atoms with Crippen molar-refractivity contribution in [3.05, 3.63) is 81.0 Å². The Kier molecular flexibility index (Phi) is 4.34. The molecule has 0 saturated heterocycles. The normalized spacial score (nSPS) is 11.1. The third kappa shape index (κ3) is 3.34. The van der Waals surface area contributed by atoms with Gasteiger partial charge in [-0.2, -0.15) is 0 Å². The monoisotopic (exact) mass is 367 g/mol. The number of fused-ring (bicyclic) bond motifs is 1. The molecule has 0 unspecified atom stereocenters. The van der Waals surface area contributed by atoms with Gasteiger partial charge in [-0.15, -0.1) is 11.3 Å². The predicted octanol–water partition coefficient (Wildman–Crippen LogP) is 4.69. The molecule has 4 nitrogen and oxygen atoms in total. The number of hydrogen-bond donors (Lipinski definition) is 1. The lowest BCUT2D eigenvalue weighted by Gasteiger charge is -1.99. The highest BCUT2D eigenvalue weighted by molar-refractivity contribution is 7.13. The summed E-state index contributed by atoms with van der Waals surface area (Å²) in [6.07, 6.45) is 6.76. The van der Waals surface area contributed by atoms with Crippen LogP contribution >= 0.6 is 22.9 Å². The van der Waals surface area contributed by atoms with Crippen molar-refractivity contribution >= 4 is 39.8 Å². The zero-order valence-electron chi connectivity index (χ0n) is 13.2. The molecule has 1 aromatic carbocycles. The largest absolute Gasteiger partial charge is 0.345 e. The van der Waals surface area contributed by atoms with Crippen LogP contribution in [0.4, 0.5) is 0 Å². The summed E-state index contributed by atoms with van der Waals surface area (Å²) in [5, 5.41) is 2.53. The molecule has 25 heavy (non-hydrogen) atoms. The van der Waals surface area contributed by atoms with E-state index in [4.69, 9.17) is 11.6 Å². The molecule has 4 rings (SSSR count). The number of aryl methyl sites for hydroxylation is 2. The van der Waals surface area contributed by atoms with E-state index in [0.717, 1.165) is 33.9 Å². The van der Waals surface area contributed by atoms with Gasteiger partial charge in [-0.3, -0.25) is 4.79 Å². The van der Waals surface area contributed by atoms with E-state index in [1.54, 1.807) is 18.6 Å². The number of halogens is 1. The number of carbonyl (C=O) groups excluding carboxylic acids is 1. The molecule has 4 aromatic rings. The Bertz CT molecular complexity index is 1040. The summed E-state index contributed by atoms with van der Waals surface area (Å²) in [6.45, 7) is 0. The van der Waals surface area contributed by atoms with Gasteiger partial charge in [0.05, 0.1) is 15.4 Å². The lowest BCUT2D eigenvalue weighted by atomic mass is 10.1. The third-order valence-electron chi connectivity index (χ3n) is 4.01. The molecule has 0 radical (unpaired) electrons. The second-order valence-electron chi connectivity index (χ2n) is 5.68. The van der Waals surface area contributed by atoms with Gasteiger partial charge < -0.3 is 4.98 Å². The molecule has 0 atom stereocenters. The quantitative estimate of drug-likeness (QED) is 0.520. The summed E-state index contributed by atoms with van der Waals surface area (Å²) in [5.41, 5.74) is 2.56. The molecular formula is C19H14ClN3OS. The van der Waals surface area contributed by atoms with Crippen LogP contribution in [0.5, 0.6) is 0 Å². The van der Waals surface area contributed by atoms with E-state index < -0.39 is 0 Å². The van der Waals surface area contributed by atoms with Crippen molar-refractivity contribution in [1.82, 2.24) is 15.0 Å². The Balaban J connectivity index is 1.50. The first-order chi connectivity index (χ1) is 12.2. The van der Waals surface area contributed by atoms with Crippen LogP contribution in [0.15, 0.2) is 55.0 Å². The van der Waals surface area contributed by atoms with Gasteiger partial charge in [-0.05, 0) is 36.2 Å². The van der Waals surface area contributed by atoms with Crippen LogP contribution in [0.3, 0.4) is 0 Å². The van der Waals surface area contributed by atoms with Crippen molar-refractivity contribution in [2.45, 2.75) is 12.8 Å². The first-order valence-corrected chi connectivity index (χ1v) is 9.06. The smallest absolute Gasteiger partial charge is 0.206 e. The molecule has 0 aliphatic carbocycles. The number of aromatic nitrogens is 3. The highest BCUT2D eigenvalue weighted by atomic mass is 35.5. The molecule has 0 aliphatic rings. The van der Waals surface area contributed by atoms with Gasteiger partial charge in [-0.25, -0.2) is 9.97 Å². The van der Waals surface area contributed by atoms with E-state index >= 15 is 0 Å².